The Kier molecular flexibility index (Phi) is 7.26. The Morgan fingerprint density at radius 2 is 2.03 bits per heavy atom. The first-order chi connectivity index (χ1) is 16.9. The Hall–Kier alpha value is -3.98. The van der Waals surface area contributed by atoms with E-state index in [0.717, 1.165) is 10.6 Å². The molecule has 4 heterocycles. The summed E-state index contributed by atoms with van der Waals surface area (Å²) >= 11 is 1.36. The van der Waals surface area contributed by atoms with E-state index in [0.29, 0.717) is 36.3 Å². The first-order valence-corrected chi connectivity index (χ1v) is 11.4. The quantitative estimate of drug-likeness (QED) is 0.342. The third kappa shape index (κ3) is 5.58. The van der Waals surface area contributed by atoms with Gasteiger partial charge in [-0.2, -0.15) is 15.1 Å². The van der Waals surface area contributed by atoms with Gasteiger partial charge in [-0.25, -0.2) is 9.78 Å². The number of aliphatic hydroxyl groups excluding tert-OH is 1. The number of urea groups is 1. The van der Waals surface area contributed by atoms with Crippen LogP contribution in [-0.4, -0.2) is 75.7 Å². The summed E-state index contributed by atoms with van der Waals surface area (Å²) in [4.78, 5) is 41.0. The van der Waals surface area contributed by atoms with Gasteiger partial charge in [0.15, 0.2) is 10.8 Å². The lowest BCUT2D eigenvalue weighted by Crippen LogP contribution is -2.30. The van der Waals surface area contributed by atoms with E-state index in [2.05, 4.69) is 40.9 Å². The smallest absolute Gasteiger partial charge is 0.325 e. The average molecular weight is 504 g/mol. The Balaban J connectivity index is 1.43. The van der Waals surface area contributed by atoms with Crippen LogP contribution < -0.4 is 30.3 Å². The molecule has 0 unspecified atom stereocenters. The van der Waals surface area contributed by atoms with Crippen LogP contribution in [-0.2, 0) is 20.0 Å². The molecule has 186 valence electrons. The van der Waals surface area contributed by atoms with Gasteiger partial charge in [0, 0.05) is 43.7 Å². The summed E-state index contributed by atoms with van der Waals surface area (Å²) in [6.45, 7) is 1.11. The minimum absolute atomic E-state index is 0.0425. The maximum absolute atomic E-state index is 12.6. The topological polar surface area (TPSA) is 169 Å². The van der Waals surface area contributed by atoms with Crippen molar-refractivity contribution in [3.05, 3.63) is 28.5 Å². The molecular weight excluding hydrogens is 478 g/mol. The molecule has 0 radical (unpaired) electrons. The van der Waals surface area contributed by atoms with Crippen molar-refractivity contribution in [1.29, 1.82) is 0 Å². The second-order valence-corrected chi connectivity index (χ2v) is 8.52. The predicted molar refractivity (Wildman–Crippen MR) is 127 cm³/mol. The highest BCUT2D eigenvalue weighted by Crippen LogP contribution is 2.31. The number of thiazole rings is 1. The number of methoxy groups -OCH3 is 2. The number of rotatable bonds is 8. The van der Waals surface area contributed by atoms with Gasteiger partial charge in [0.1, 0.15) is 5.82 Å². The van der Waals surface area contributed by atoms with Crippen molar-refractivity contribution in [3.8, 4) is 11.9 Å². The Labute approximate surface area is 204 Å². The number of aliphatic hydroxyl groups is 1. The molecule has 1 aliphatic heterocycles. The molecular formula is C20H25N9O5S. The van der Waals surface area contributed by atoms with Crippen molar-refractivity contribution in [2.24, 2.45) is 7.05 Å². The third-order valence-electron chi connectivity index (χ3n) is 5.03. The summed E-state index contributed by atoms with van der Waals surface area (Å²) in [5.41, 5.74) is 1.18. The fourth-order valence-corrected chi connectivity index (χ4v) is 4.46. The number of ether oxygens (including phenoxy) is 2. The summed E-state index contributed by atoms with van der Waals surface area (Å²) < 4.78 is 11.8. The Morgan fingerprint density at radius 3 is 2.77 bits per heavy atom. The maximum atomic E-state index is 12.6. The largest absolute Gasteiger partial charge is 0.481 e. The molecule has 0 saturated heterocycles. The minimum atomic E-state index is -0.553. The zero-order valence-corrected chi connectivity index (χ0v) is 20.2. The van der Waals surface area contributed by atoms with E-state index in [4.69, 9.17) is 14.6 Å². The normalized spacial score (nSPS) is 12.6. The van der Waals surface area contributed by atoms with Gasteiger partial charge in [-0.3, -0.25) is 14.8 Å². The predicted octanol–water partition coefficient (Wildman–Crippen LogP) is 0.613. The molecule has 0 saturated carbocycles. The molecule has 3 aromatic heterocycles. The summed E-state index contributed by atoms with van der Waals surface area (Å²) in [7, 11) is 4.66. The van der Waals surface area contributed by atoms with E-state index >= 15 is 0 Å². The van der Waals surface area contributed by atoms with E-state index in [1.807, 2.05) is 0 Å². The third-order valence-corrected chi connectivity index (χ3v) is 6.02. The van der Waals surface area contributed by atoms with Crippen LogP contribution in [0.5, 0.6) is 11.9 Å². The zero-order valence-electron chi connectivity index (χ0n) is 19.4. The fourth-order valence-electron chi connectivity index (χ4n) is 3.45. The monoisotopic (exact) mass is 503 g/mol. The molecule has 0 spiro atoms. The average Bonchev–Trinajstić information content (AvgIpc) is 3.43. The molecule has 4 N–H and O–H groups in total. The molecule has 3 aromatic rings. The number of nitrogens with one attached hydrogen (secondary N) is 3. The van der Waals surface area contributed by atoms with Crippen LogP contribution >= 0.6 is 11.3 Å². The van der Waals surface area contributed by atoms with Crippen LogP contribution in [0.15, 0.2) is 12.3 Å². The van der Waals surface area contributed by atoms with Gasteiger partial charge < -0.3 is 30.1 Å². The highest BCUT2D eigenvalue weighted by Gasteiger charge is 2.24. The van der Waals surface area contributed by atoms with Gasteiger partial charge in [0.25, 0.3) is 5.91 Å². The molecule has 0 atom stereocenters. The maximum Gasteiger partial charge on any atom is 0.325 e. The van der Waals surface area contributed by atoms with Gasteiger partial charge in [0.05, 0.1) is 38.8 Å². The van der Waals surface area contributed by atoms with Gasteiger partial charge in [-0.1, -0.05) is 11.3 Å². The summed E-state index contributed by atoms with van der Waals surface area (Å²) in [5, 5.41) is 21.3. The molecule has 4 rings (SSSR count). The van der Waals surface area contributed by atoms with E-state index < -0.39 is 11.9 Å². The lowest BCUT2D eigenvalue weighted by molar-refractivity contribution is 0.0940. The molecule has 15 heteroatoms. The second-order valence-electron chi connectivity index (χ2n) is 7.44. The van der Waals surface area contributed by atoms with Crippen molar-refractivity contribution in [2.45, 2.75) is 13.0 Å². The van der Waals surface area contributed by atoms with Crippen LogP contribution in [0.25, 0.3) is 0 Å². The zero-order chi connectivity index (χ0) is 24.9. The highest BCUT2D eigenvalue weighted by atomic mass is 32.1. The number of carbonyl (C=O) groups excluding carboxylic acids is 2. The number of aromatic nitrogens is 5. The van der Waals surface area contributed by atoms with Gasteiger partial charge in [-0.15, -0.1) is 0 Å². The SMILES string of the molecule is COc1cc(N2CCc3nc(NC(=O)Nc4cn(C)nc4C(=O)NCCO)sc3C2)nc(OC)n1. The molecule has 0 bridgehead atoms. The summed E-state index contributed by atoms with van der Waals surface area (Å²) in [6.07, 6.45) is 2.18. The van der Waals surface area contributed by atoms with E-state index in [1.165, 1.54) is 36.4 Å². The number of amides is 3. The lowest BCUT2D eigenvalue weighted by atomic mass is 10.2. The number of anilines is 3. The van der Waals surface area contributed by atoms with E-state index in [9.17, 15) is 9.59 Å². The Morgan fingerprint density at radius 1 is 1.20 bits per heavy atom. The van der Waals surface area contributed by atoms with Gasteiger partial charge in [0.2, 0.25) is 5.88 Å². The Bertz CT molecular complexity index is 1210. The molecule has 0 fully saturated rings. The van der Waals surface area contributed by atoms with Crippen LogP contribution in [0.2, 0.25) is 0 Å². The van der Waals surface area contributed by atoms with Crippen molar-refractivity contribution in [3.63, 3.8) is 0 Å². The van der Waals surface area contributed by atoms with Crippen LogP contribution in [0.1, 0.15) is 21.1 Å². The molecule has 0 aliphatic carbocycles. The summed E-state index contributed by atoms with van der Waals surface area (Å²) in [6, 6.07) is 1.40. The summed E-state index contributed by atoms with van der Waals surface area (Å²) in [5.74, 6) is 0.571. The van der Waals surface area contributed by atoms with Crippen LogP contribution in [0, 0.1) is 0 Å². The van der Waals surface area contributed by atoms with Crippen LogP contribution in [0.4, 0.5) is 21.4 Å². The number of fused-ring (bicyclic) bond motifs is 1. The second kappa shape index (κ2) is 10.5. The van der Waals surface area contributed by atoms with Crippen molar-refractivity contribution >= 4 is 39.9 Å². The highest BCUT2D eigenvalue weighted by molar-refractivity contribution is 7.15. The molecule has 1 aliphatic rings. The molecule has 14 nitrogen and oxygen atoms in total. The van der Waals surface area contributed by atoms with E-state index in [1.54, 1.807) is 13.1 Å². The first-order valence-electron chi connectivity index (χ1n) is 10.6. The van der Waals surface area contributed by atoms with Gasteiger partial charge >= 0.3 is 12.0 Å². The number of nitrogens with zero attached hydrogens (tertiary/aromatic N) is 6. The van der Waals surface area contributed by atoms with Crippen molar-refractivity contribution in [2.75, 3.05) is 49.4 Å². The fraction of sp³-hybridized carbons (Fsp3) is 0.400. The first kappa shape index (κ1) is 24.2. The van der Waals surface area contributed by atoms with E-state index in [-0.39, 0.29) is 30.5 Å². The standard InChI is InChI=1S/C20H25N9O5S/c1-28-9-12(16(27-28)17(31)21-5-7-30)22-18(32)26-20-23-11-4-6-29(10-13(11)35-20)14-8-15(33-2)25-19(24-14)34-3/h8-9,30H,4-7,10H2,1-3H3,(H,21,31)(H2,22,23,26,32). The number of hydrogen-bond acceptors (Lipinski definition) is 11. The number of aryl methyl sites for hydroxylation is 1. The molecule has 3 amide bonds. The minimum Gasteiger partial charge on any atom is -0.481 e. The van der Waals surface area contributed by atoms with Crippen molar-refractivity contribution in [1.82, 2.24) is 30.0 Å². The van der Waals surface area contributed by atoms with Gasteiger partial charge in [-0.05, 0) is 0 Å². The number of carbonyl (C=O) groups is 2. The van der Waals surface area contributed by atoms with Crippen molar-refractivity contribution < 1.29 is 24.2 Å². The molecule has 35 heavy (non-hydrogen) atoms. The van der Waals surface area contributed by atoms with Crippen LogP contribution in [0.3, 0.4) is 0 Å². The lowest BCUT2D eigenvalue weighted by Gasteiger charge is -2.27. The molecule has 0 aromatic carbocycles. The number of hydrogen-bond donors (Lipinski definition) is 4.